The summed E-state index contributed by atoms with van der Waals surface area (Å²) in [5.41, 5.74) is 6.19. The number of fused-ring (bicyclic) bond motifs is 1. The number of rotatable bonds is 14. The first kappa shape index (κ1) is 27.7. The lowest BCUT2D eigenvalue weighted by Crippen LogP contribution is -2.47. The summed E-state index contributed by atoms with van der Waals surface area (Å²) in [6, 6.07) is 0. The molecule has 34 heavy (non-hydrogen) atoms. The summed E-state index contributed by atoms with van der Waals surface area (Å²) in [5, 5.41) is 6.63. The maximum absolute atomic E-state index is 13.5. The number of aromatic nitrogens is 4. The Bertz CT molecular complexity index is 1040. The van der Waals surface area contributed by atoms with Crippen LogP contribution in [0.4, 0.5) is 5.82 Å². The number of nitrogens with two attached hydrogens (primary N) is 1. The first-order valence-electron chi connectivity index (χ1n) is 11.3. The Morgan fingerprint density at radius 3 is 2.71 bits per heavy atom. The van der Waals surface area contributed by atoms with Crippen LogP contribution in [0.15, 0.2) is 17.8 Å². The van der Waals surface area contributed by atoms with Gasteiger partial charge in [-0.15, -0.1) is 0 Å². The topological polar surface area (TPSA) is 156 Å². The third kappa shape index (κ3) is 8.03. The van der Waals surface area contributed by atoms with E-state index in [1.807, 2.05) is 6.92 Å². The summed E-state index contributed by atoms with van der Waals surface area (Å²) in [6.07, 6.45) is 4.98. The van der Waals surface area contributed by atoms with Crippen LogP contribution in [-0.4, -0.2) is 55.8 Å². The fourth-order valence-electron chi connectivity index (χ4n) is 2.98. The van der Waals surface area contributed by atoms with Gasteiger partial charge in [-0.1, -0.05) is 24.9 Å². The van der Waals surface area contributed by atoms with Gasteiger partial charge in [0, 0.05) is 0 Å². The lowest BCUT2D eigenvalue weighted by molar-refractivity contribution is -0.149. The van der Waals surface area contributed by atoms with Crippen molar-refractivity contribution in [1.82, 2.24) is 24.6 Å². The normalized spacial score (nSPS) is 14.4. The molecule has 0 aliphatic heterocycles. The number of oxime groups is 1. The van der Waals surface area contributed by atoms with Gasteiger partial charge in [-0.3, -0.25) is 9.36 Å². The first-order chi connectivity index (χ1) is 16.0. The van der Waals surface area contributed by atoms with Gasteiger partial charge in [0.1, 0.15) is 23.7 Å². The van der Waals surface area contributed by atoms with Crippen molar-refractivity contribution >= 4 is 36.2 Å². The molecule has 12 nitrogen and oxygen atoms in total. The van der Waals surface area contributed by atoms with Crippen LogP contribution >= 0.6 is 7.52 Å². The lowest BCUT2D eigenvalue weighted by Gasteiger charge is -2.29. The number of imidazole rings is 1. The molecule has 3 N–H and O–H groups in total. The van der Waals surface area contributed by atoms with Crippen molar-refractivity contribution in [2.75, 3.05) is 18.7 Å². The van der Waals surface area contributed by atoms with Crippen molar-refractivity contribution in [2.45, 2.75) is 79.0 Å². The number of carbonyl (C=O) groups excluding carboxylic acids is 1. The van der Waals surface area contributed by atoms with Gasteiger partial charge in [0.15, 0.2) is 11.5 Å². The molecular formula is C21H36N7O5P. The molecule has 0 aliphatic rings. The molecule has 2 atom stereocenters. The summed E-state index contributed by atoms with van der Waals surface area (Å²) >= 11 is 0. The zero-order valence-corrected chi connectivity index (χ0v) is 21.7. The molecule has 13 heteroatoms. The van der Waals surface area contributed by atoms with Crippen LogP contribution in [0.25, 0.3) is 11.2 Å². The lowest BCUT2D eigenvalue weighted by atomic mass is 10.1. The molecule has 0 amide bonds. The molecule has 0 unspecified atom stereocenters. The number of ether oxygens (including phenoxy) is 2. The molecule has 0 aliphatic carbocycles. The van der Waals surface area contributed by atoms with Gasteiger partial charge in [0.05, 0.1) is 31.3 Å². The average Bonchev–Trinajstić information content (AvgIpc) is 3.17. The SMILES string of the molecule is CCCCCOC(=O)C(C)(C)N[P@@](=O)(CO[C@H](C)Cn1cnc2c(N)ncnc21)ON=C(C)C. The highest BCUT2D eigenvalue weighted by Gasteiger charge is 2.39. The molecule has 2 aromatic heterocycles. The molecule has 0 saturated carbocycles. The van der Waals surface area contributed by atoms with E-state index < -0.39 is 25.1 Å². The maximum Gasteiger partial charge on any atom is 0.365 e. The molecule has 0 radical (unpaired) electrons. The molecule has 190 valence electrons. The third-order valence-corrected chi connectivity index (χ3v) is 6.44. The second-order valence-electron chi connectivity index (χ2n) is 8.81. The van der Waals surface area contributed by atoms with Crippen molar-refractivity contribution in [3.05, 3.63) is 12.7 Å². The second-order valence-corrected chi connectivity index (χ2v) is 10.8. The third-order valence-electron chi connectivity index (χ3n) is 4.71. The Balaban J connectivity index is 2.06. The Hall–Kier alpha value is -2.56. The number of carbonyl (C=O) groups is 1. The van der Waals surface area contributed by atoms with Crippen LogP contribution in [0.1, 0.15) is 60.8 Å². The number of hydrogen-bond acceptors (Lipinski definition) is 10. The standard InChI is InChI=1S/C21H36N7O5P/c1-7-8-9-10-31-20(29)21(5,6)27-34(30,33-26-15(2)3)14-32-16(4)11-28-13-25-17-18(22)23-12-24-19(17)28/h12-13,16H,7-11,14H2,1-6H3,(H,27,30)(H2,22,23,24)/t16-,34-/m1/s1. The number of unbranched alkanes of at least 4 members (excludes halogenated alkanes) is 2. The highest BCUT2D eigenvalue weighted by molar-refractivity contribution is 7.56. The molecule has 0 aromatic carbocycles. The van der Waals surface area contributed by atoms with E-state index >= 15 is 0 Å². The molecule has 0 saturated heterocycles. The van der Waals surface area contributed by atoms with Gasteiger partial charge < -0.3 is 24.4 Å². The zero-order valence-electron chi connectivity index (χ0n) is 20.8. The first-order valence-corrected chi connectivity index (χ1v) is 13.1. The smallest absolute Gasteiger partial charge is 0.365 e. The summed E-state index contributed by atoms with van der Waals surface area (Å²) < 4.78 is 31.8. The minimum Gasteiger partial charge on any atom is -0.464 e. The van der Waals surface area contributed by atoms with Crippen LogP contribution in [0.2, 0.25) is 0 Å². The Morgan fingerprint density at radius 2 is 2.03 bits per heavy atom. The predicted molar refractivity (Wildman–Crippen MR) is 130 cm³/mol. The molecule has 2 heterocycles. The van der Waals surface area contributed by atoms with E-state index in [1.54, 1.807) is 38.6 Å². The summed E-state index contributed by atoms with van der Waals surface area (Å²) in [6.45, 7) is 11.1. The van der Waals surface area contributed by atoms with Crippen LogP contribution in [0.3, 0.4) is 0 Å². The number of anilines is 1. The Morgan fingerprint density at radius 1 is 1.29 bits per heavy atom. The number of nitrogen functional groups attached to an aromatic ring is 1. The van der Waals surface area contributed by atoms with Gasteiger partial charge in [-0.2, -0.15) is 0 Å². The quantitative estimate of drug-likeness (QED) is 0.130. The van der Waals surface area contributed by atoms with Crippen molar-refractivity contribution in [1.29, 1.82) is 0 Å². The van der Waals surface area contributed by atoms with E-state index in [9.17, 15) is 9.36 Å². The monoisotopic (exact) mass is 497 g/mol. The Labute approximate surface area is 200 Å². The van der Waals surface area contributed by atoms with Crippen LogP contribution in [-0.2, 0) is 30.0 Å². The summed E-state index contributed by atoms with van der Waals surface area (Å²) in [7, 11) is -3.72. The number of esters is 1. The van der Waals surface area contributed by atoms with Crippen LogP contribution in [0, 0.1) is 0 Å². The summed E-state index contributed by atoms with van der Waals surface area (Å²) in [5.74, 6) is -0.240. The van der Waals surface area contributed by atoms with Crippen molar-refractivity contribution in [3.8, 4) is 0 Å². The minimum absolute atomic E-state index is 0.288. The number of hydrogen-bond donors (Lipinski definition) is 2. The number of nitrogens with zero attached hydrogens (tertiary/aromatic N) is 5. The average molecular weight is 498 g/mol. The molecule has 2 rings (SSSR count). The van der Waals surface area contributed by atoms with Crippen LogP contribution < -0.4 is 10.8 Å². The molecule has 0 fully saturated rings. The second kappa shape index (κ2) is 12.2. The van der Waals surface area contributed by atoms with E-state index in [4.69, 9.17) is 19.8 Å². The van der Waals surface area contributed by atoms with Gasteiger partial charge in [-0.05, 0) is 41.0 Å². The zero-order chi connectivity index (χ0) is 25.4. The van der Waals surface area contributed by atoms with E-state index in [0.717, 1.165) is 19.3 Å². The molecule has 0 spiro atoms. The van der Waals surface area contributed by atoms with E-state index in [1.165, 1.54) is 6.33 Å². The van der Waals surface area contributed by atoms with Crippen molar-refractivity contribution < 1.29 is 23.5 Å². The molecule has 2 aromatic rings. The highest BCUT2D eigenvalue weighted by atomic mass is 31.2. The predicted octanol–water partition coefficient (Wildman–Crippen LogP) is 3.48. The number of nitrogens with one attached hydrogen (secondary N) is 1. The van der Waals surface area contributed by atoms with E-state index in [2.05, 4.69) is 32.1 Å². The van der Waals surface area contributed by atoms with Gasteiger partial charge in [0.2, 0.25) is 0 Å². The Kier molecular flexibility index (Phi) is 9.96. The van der Waals surface area contributed by atoms with Gasteiger partial charge in [0.25, 0.3) is 0 Å². The van der Waals surface area contributed by atoms with E-state index in [-0.39, 0.29) is 12.2 Å². The largest absolute Gasteiger partial charge is 0.464 e. The minimum atomic E-state index is -3.72. The molecule has 0 bridgehead atoms. The summed E-state index contributed by atoms with van der Waals surface area (Å²) in [4.78, 5) is 24.9. The van der Waals surface area contributed by atoms with Gasteiger partial charge >= 0.3 is 13.5 Å². The fourth-order valence-corrected chi connectivity index (χ4v) is 4.82. The molecular weight excluding hydrogens is 461 g/mol. The fraction of sp³-hybridized carbons (Fsp3) is 0.667. The van der Waals surface area contributed by atoms with Crippen molar-refractivity contribution in [3.63, 3.8) is 0 Å². The van der Waals surface area contributed by atoms with Crippen molar-refractivity contribution in [2.24, 2.45) is 5.16 Å². The maximum atomic E-state index is 13.5. The van der Waals surface area contributed by atoms with Crippen LogP contribution in [0.5, 0.6) is 0 Å². The highest BCUT2D eigenvalue weighted by Crippen LogP contribution is 2.45. The van der Waals surface area contributed by atoms with E-state index in [0.29, 0.717) is 30.0 Å². The van der Waals surface area contributed by atoms with Gasteiger partial charge in [-0.25, -0.2) is 20.0 Å².